The van der Waals surface area contributed by atoms with Gasteiger partial charge in [-0.3, -0.25) is 0 Å². The van der Waals surface area contributed by atoms with E-state index in [0.717, 1.165) is 23.9 Å². The summed E-state index contributed by atoms with van der Waals surface area (Å²) < 4.78 is 0. The lowest BCUT2D eigenvalue weighted by molar-refractivity contribution is 0.505. The molecule has 2 nitrogen and oxygen atoms in total. The second-order valence-corrected chi connectivity index (χ2v) is 8.07. The van der Waals surface area contributed by atoms with Crippen molar-refractivity contribution < 1.29 is 0 Å². The van der Waals surface area contributed by atoms with Crippen LogP contribution in [-0.2, 0) is 6.42 Å². The van der Waals surface area contributed by atoms with Gasteiger partial charge < -0.3 is 5.32 Å². The zero-order chi connectivity index (χ0) is 12.8. The summed E-state index contributed by atoms with van der Waals surface area (Å²) in [6.07, 6.45) is 2.30. The van der Waals surface area contributed by atoms with Crippen LogP contribution in [0.2, 0.25) is 0 Å². The number of aryl methyl sites for hydroxylation is 1. The van der Waals surface area contributed by atoms with Crippen molar-refractivity contribution >= 4 is 34.9 Å². The van der Waals surface area contributed by atoms with Gasteiger partial charge in [0.05, 0.1) is 5.01 Å². The Hall–Kier alpha value is 0.290. The van der Waals surface area contributed by atoms with Gasteiger partial charge in [0.25, 0.3) is 0 Å². The fourth-order valence-electron chi connectivity index (χ4n) is 2.09. The van der Waals surface area contributed by atoms with E-state index in [1.54, 1.807) is 0 Å². The molecule has 0 aromatic carbocycles. The minimum absolute atomic E-state index is 0.591. The summed E-state index contributed by atoms with van der Waals surface area (Å²) in [5.74, 6) is 3.91. The van der Waals surface area contributed by atoms with Crippen LogP contribution >= 0.6 is 34.9 Å². The number of thioether (sulfide) groups is 2. The van der Waals surface area contributed by atoms with Crippen LogP contribution < -0.4 is 5.32 Å². The Labute approximate surface area is 123 Å². The van der Waals surface area contributed by atoms with Crippen molar-refractivity contribution in [3.05, 3.63) is 16.1 Å². The van der Waals surface area contributed by atoms with Gasteiger partial charge in [0.15, 0.2) is 0 Å². The first-order valence-electron chi connectivity index (χ1n) is 6.63. The molecule has 0 radical (unpaired) electrons. The molecule has 0 saturated carbocycles. The fourth-order valence-corrected chi connectivity index (χ4v) is 5.81. The molecule has 0 aliphatic carbocycles. The molecule has 0 bridgehead atoms. The molecule has 1 saturated heterocycles. The van der Waals surface area contributed by atoms with E-state index < -0.39 is 0 Å². The molecular weight excluding hydrogens is 280 g/mol. The number of aromatic nitrogens is 1. The van der Waals surface area contributed by atoms with E-state index in [2.05, 4.69) is 53.1 Å². The van der Waals surface area contributed by atoms with Crippen LogP contribution in [0.15, 0.2) is 5.38 Å². The van der Waals surface area contributed by atoms with Crippen molar-refractivity contribution in [1.29, 1.82) is 0 Å². The number of hydrogen-bond acceptors (Lipinski definition) is 5. The smallest absolute Gasteiger partial charge is 0.0944 e. The molecule has 1 N–H and O–H groups in total. The molecular formula is C13H22N2S3. The van der Waals surface area contributed by atoms with Crippen LogP contribution in [0.4, 0.5) is 0 Å². The van der Waals surface area contributed by atoms with Crippen molar-refractivity contribution in [3.63, 3.8) is 0 Å². The van der Waals surface area contributed by atoms with Gasteiger partial charge in [-0.15, -0.1) is 11.3 Å². The average molecular weight is 303 g/mol. The van der Waals surface area contributed by atoms with Gasteiger partial charge in [0, 0.05) is 46.0 Å². The number of nitrogens with one attached hydrogen (secondary N) is 1. The van der Waals surface area contributed by atoms with E-state index in [0.29, 0.717) is 6.04 Å². The lowest BCUT2D eigenvalue weighted by atomic mass is 10.1. The number of hydrogen-bond donors (Lipinski definition) is 1. The van der Waals surface area contributed by atoms with Gasteiger partial charge in [-0.25, -0.2) is 4.98 Å². The average Bonchev–Trinajstić information content (AvgIpc) is 2.81. The summed E-state index contributed by atoms with van der Waals surface area (Å²) >= 11 is 6.05. The maximum atomic E-state index is 4.62. The van der Waals surface area contributed by atoms with Gasteiger partial charge in [-0.05, 0) is 19.9 Å². The summed E-state index contributed by atoms with van der Waals surface area (Å²) in [6.45, 7) is 5.44. The van der Waals surface area contributed by atoms with Crippen LogP contribution in [0.5, 0.6) is 0 Å². The van der Waals surface area contributed by atoms with E-state index in [1.807, 2.05) is 11.3 Å². The summed E-state index contributed by atoms with van der Waals surface area (Å²) in [5.41, 5.74) is 1.16. The molecule has 0 spiro atoms. The van der Waals surface area contributed by atoms with Gasteiger partial charge in [-0.1, -0.05) is 6.92 Å². The van der Waals surface area contributed by atoms with E-state index in [4.69, 9.17) is 0 Å². The van der Waals surface area contributed by atoms with Crippen LogP contribution in [-0.4, -0.2) is 40.1 Å². The molecule has 1 aromatic heterocycles. The van der Waals surface area contributed by atoms with Crippen LogP contribution in [0, 0.1) is 6.92 Å². The Morgan fingerprint density at radius 2 is 2.39 bits per heavy atom. The molecule has 18 heavy (non-hydrogen) atoms. The normalized spacial score (nSPS) is 22.0. The van der Waals surface area contributed by atoms with Crippen molar-refractivity contribution in [2.24, 2.45) is 0 Å². The van der Waals surface area contributed by atoms with E-state index >= 15 is 0 Å². The zero-order valence-corrected chi connectivity index (χ0v) is 13.6. The highest BCUT2D eigenvalue weighted by Gasteiger charge is 2.25. The standard InChI is InChI=1S/C13H22N2S3/c1-3-4-14-11(12-9-16-5-6-17-12)7-13-15-10(2)8-18-13/h8,11-12,14H,3-7,9H2,1-2H3. The van der Waals surface area contributed by atoms with Crippen LogP contribution in [0.3, 0.4) is 0 Å². The van der Waals surface area contributed by atoms with E-state index in [-0.39, 0.29) is 0 Å². The summed E-state index contributed by atoms with van der Waals surface area (Å²) in [6, 6.07) is 0.591. The van der Waals surface area contributed by atoms with Crippen LogP contribution in [0.1, 0.15) is 24.0 Å². The van der Waals surface area contributed by atoms with Crippen molar-refractivity contribution in [2.75, 3.05) is 23.8 Å². The molecule has 1 aliphatic heterocycles. The highest BCUT2D eigenvalue weighted by Crippen LogP contribution is 2.28. The minimum atomic E-state index is 0.591. The number of nitrogens with zero attached hydrogens (tertiary/aromatic N) is 1. The Balaban J connectivity index is 1.94. The first-order chi connectivity index (χ1) is 8.79. The Bertz CT molecular complexity index is 348. The largest absolute Gasteiger partial charge is 0.312 e. The third-order valence-electron chi connectivity index (χ3n) is 3.01. The highest BCUT2D eigenvalue weighted by atomic mass is 32.2. The Kier molecular flexibility index (Phi) is 6.35. The lowest BCUT2D eigenvalue weighted by Crippen LogP contribution is -2.43. The molecule has 5 heteroatoms. The third kappa shape index (κ3) is 4.44. The van der Waals surface area contributed by atoms with Crippen molar-refractivity contribution in [3.8, 4) is 0 Å². The summed E-state index contributed by atoms with van der Waals surface area (Å²) in [4.78, 5) is 4.62. The Morgan fingerprint density at radius 1 is 1.50 bits per heavy atom. The van der Waals surface area contributed by atoms with E-state index in [1.165, 1.54) is 28.7 Å². The summed E-state index contributed by atoms with van der Waals surface area (Å²) in [5, 5.41) is 7.93. The second-order valence-electron chi connectivity index (χ2n) is 4.63. The molecule has 2 unspecified atom stereocenters. The maximum absolute atomic E-state index is 4.62. The Morgan fingerprint density at radius 3 is 3.00 bits per heavy atom. The fraction of sp³-hybridized carbons (Fsp3) is 0.769. The molecule has 2 atom stereocenters. The molecule has 2 rings (SSSR count). The predicted octanol–water partition coefficient (Wildman–Crippen LogP) is 3.21. The summed E-state index contributed by atoms with van der Waals surface area (Å²) in [7, 11) is 0. The van der Waals surface area contributed by atoms with Crippen molar-refractivity contribution in [1.82, 2.24) is 10.3 Å². The van der Waals surface area contributed by atoms with Gasteiger partial charge in [0.1, 0.15) is 0 Å². The molecule has 102 valence electrons. The number of thiazole rings is 1. The zero-order valence-electron chi connectivity index (χ0n) is 11.1. The van der Waals surface area contributed by atoms with E-state index in [9.17, 15) is 0 Å². The first kappa shape index (κ1) is 14.7. The quantitative estimate of drug-likeness (QED) is 0.872. The third-order valence-corrected chi connectivity index (χ3v) is 6.92. The maximum Gasteiger partial charge on any atom is 0.0944 e. The molecule has 1 aliphatic rings. The minimum Gasteiger partial charge on any atom is -0.312 e. The van der Waals surface area contributed by atoms with Gasteiger partial charge in [0.2, 0.25) is 0 Å². The van der Waals surface area contributed by atoms with Crippen LogP contribution in [0.25, 0.3) is 0 Å². The SMILES string of the molecule is CCCNC(Cc1nc(C)cs1)C1CSCCS1. The molecule has 0 amide bonds. The van der Waals surface area contributed by atoms with Gasteiger partial charge >= 0.3 is 0 Å². The first-order valence-corrected chi connectivity index (χ1v) is 9.71. The molecule has 1 aromatic rings. The van der Waals surface area contributed by atoms with Gasteiger partial charge in [-0.2, -0.15) is 23.5 Å². The molecule has 2 heterocycles. The lowest BCUT2D eigenvalue weighted by Gasteiger charge is -2.30. The topological polar surface area (TPSA) is 24.9 Å². The second kappa shape index (κ2) is 7.78. The van der Waals surface area contributed by atoms with Crippen molar-refractivity contribution in [2.45, 2.75) is 38.0 Å². The molecule has 1 fully saturated rings. The number of rotatable bonds is 6. The predicted molar refractivity (Wildman–Crippen MR) is 86.2 cm³/mol. The highest BCUT2D eigenvalue weighted by molar-refractivity contribution is 8.06. The monoisotopic (exact) mass is 302 g/mol.